The summed E-state index contributed by atoms with van der Waals surface area (Å²) in [6.07, 6.45) is 18.7. The molecule has 0 aliphatic rings. The molecule has 0 spiro atoms. The highest BCUT2D eigenvalue weighted by Crippen LogP contribution is 2.10. The molecular weight excluding hydrogens is 282 g/mol. The standard InChI is InChI=1S/C21H42NO/c1-4-7-9-11-13-15-17-19-22(21(23)6-3)20-18-16-14-12-10-8-5-2/h3-20H2,1-2H3. The van der Waals surface area contributed by atoms with Gasteiger partial charge in [-0.15, -0.1) is 0 Å². The van der Waals surface area contributed by atoms with Gasteiger partial charge < -0.3 is 4.90 Å². The van der Waals surface area contributed by atoms with Gasteiger partial charge in [-0.25, -0.2) is 0 Å². The van der Waals surface area contributed by atoms with Gasteiger partial charge in [0.15, 0.2) is 0 Å². The molecular formula is C21H42NO. The summed E-state index contributed by atoms with van der Waals surface area (Å²) in [5.41, 5.74) is 0. The summed E-state index contributed by atoms with van der Waals surface area (Å²) in [5, 5.41) is 0. The van der Waals surface area contributed by atoms with E-state index >= 15 is 0 Å². The third-order valence-corrected chi connectivity index (χ3v) is 4.63. The molecule has 0 unspecified atom stereocenters. The van der Waals surface area contributed by atoms with Crippen molar-refractivity contribution in [2.24, 2.45) is 0 Å². The maximum atomic E-state index is 12.0. The topological polar surface area (TPSA) is 20.3 Å². The van der Waals surface area contributed by atoms with Gasteiger partial charge in [0.2, 0.25) is 5.91 Å². The van der Waals surface area contributed by atoms with Crippen LogP contribution in [0.1, 0.15) is 110 Å². The van der Waals surface area contributed by atoms with E-state index in [0.29, 0.717) is 6.42 Å². The summed E-state index contributed by atoms with van der Waals surface area (Å²) >= 11 is 0. The number of hydrogen-bond acceptors (Lipinski definition) is 1. The smallest absolute Gasteiger partial charge is 0.222 e. The molecule has 2 heteroatoms. The summed E-state index contributed by atoms with van der Waals surface area (Å²) < 4.78 is 0. The molecule has 1 radical (unpaired) electrons. The van der Waals surface area contributed by atoms with Gasteiger partial charge in [-0.3, -0.25) is 4.79 Å². The average Bonchev–Trinajstić information content (AvgIpc) is 2.57. The van der Waals surface area contributed by atoms with Crippen molar-refractivity contribution >= 4 is 5.91 Å². The first-order valence-electron chi connectivity index (χ1n) is 10.3. The molecule has 23 heavy (non-hydrogen) atoms. The summed E-state index contributed by atoms with van der Waals surface area (Å²) in [6, 6.07) is 0. The average molecular weight is 325 g/mol. The highest BCUT2D eigenvalue weighted by molar-refractivity contribution is 5.76. The van der Waals surface area contributed by atoms with E-state index in [1.807, 2.05) is 0 Å². The summed E-state index contributed by atoms with van der Waals surface area (Å²) in [7, 11) is 0. The minimum absolute atomic E-state index is 0.238. The van der Waals surface area contributed by atoms with E-state index in [0.717, 1.165) is 25.9 Å². The highest BCUT2D eigenvalue weighted by Gasteiger charge is 2.10. The summed E-state index contributed by atoms with van der Waals surface area (Å²) in [6.45, 7) is 10.2. The fourth-order valence-electron chi connectivity index (χ4n) is 3.04. The van der Waals surface area contributed by atoms with Crippen molar-refractivity contribution in [1.82, 2.24) is 4.90 Å². The SMILES string of the molecule is [CH2]CC(=O)N(CCCCCCCCC)CCCCCCCCC. The molecule has 137 valence electrons. The lowest BCUT2D eigenvalue weighted by Crippen LogP contribution is -2.32. The minimum Gasteiger partial charge on any atom is -0.343 e. The van der Waals surface area contributed by atoms with Gasteiger partial charge in [-0.1, -0.05) is 90.9 Å². The van der Waals surface area contributed by atoms with E-state index in [1.54, 1.807) is 0 Å². The Morgan fingerprint density at radius 3 is 1.35 bits per heavy atom. The summed E-state index contributed by atoms with van der Waals surface area (Å²) in [4.78, 5) is 14.0. The van der Waals surface area contributed by atoms with Crippen molar-refractivity contribution in [3.63, 3.8) is 0 Å². The Labute approximate surface area is 146 Å². The maximum absolute atomic E-state index is 12.0. The number of amides is 1. The van der Waals surface area contributed by atoms with Crippen LogP contribution in [0.4, 0.5) is 0 Å². The lowest BCUT2D eigenvalue weighted by atomic mass is 10.1. The zero-order valence-corrected chi connectivity index (χ0v) is 16.1. The fourth-order valence-corrected chi connectivity index (χ4v) is 3.04. The molecule has 0 saturated heterocycles. The van der Waals surface area contributed by atoms with Crippen molar-refractivity contribution in [2.45, 2.75) is 110 Å². The van der Waals surface area contributed by atoms with E-state index in [1.165, 1.54) is 77.0 Å². The van der Waals surface area contributed by atoms with Gasteiger partial charge in [0.05, 0.1) is 0 Å². The normalized spacial score (nSPS) is 10.9. The second-order valence-electron chi connectivity index (χ2n) is 6.87. The zero-order chi connectivity index (χ0) is 17.2. The van der Waals surface area contributed by atoms with Crippen LogP contribution in [0.3, 0.4) is 0 Å². The number of carbonyl (C=O) groups excluding carboxylic acids is 1. The lowest BCUT2D eigenvalue weighted by Gasteiger charge is -2.22. The third kappa shape index (κ3) is 14.8. The van der Waals surface area contributed by atoms with Crippen LogP contribution < -0.4 is 0 Å². The first kappa shape index (κ1) is 22.5. The fraction of sp³-hybridized carbons (Fsp3) is 0.905. The predicted octanol–water partition coefficient (Wildman–Crippen LogP) is 6.54. The van der Waals surface area contributed by atoms with Gasteiger partial charge >= 0.3 is 0 Å². The molecule has 0 fully saturated rings. The number of nitrogens with zero attached hydrogens (tertiary/aromatic N) is 1. The quantitative estimate of drug-likeness (QED) is 0.278. The van der Waals surface area contributed by atoms with Crippen molar-refractivity contribution in [3.8, 4) is 0 Å². The first-order valence-corrected chi connectivity index (χ1v) is 10.3. The van der Waals surface area contributed by atoms with E-state index < -0.39 is 0 Å². The molecule has 0 aromatic rings. The Balaban J connectivity index is 3.67. The molecule has 0 saturated carbocycles. The van der Waals surface area contributed by atoms with Crippen molar-refractivity contribution in [3.05, 3.63) is 6.92 Å². The largest absolute Gasteiger partial charge is 0.343 e. The molecule has 0 heterocycles. The second kappa shape index (κ2) is 17.8. The molecule has 1 amide bonds. The van der Waals surface area contributed by atoms with Gasteiger partial charge in [0.25, 0.3) is 0 Å². The van der Waals surface area contributed by atoms with Gasteiger partial charge in [0.1, 0.15) is 0 Å². The first-order chi connectivity index (χ1) is 11.3. The number of carbonyl (C=O) groups is 1. The van der Waals surface area contributed by atoms with Crippen molar-refractivity contribution < 1.29 is 4.79 Å². The van der Waals surface area contributed by atoms with Gasteiger partial charge in [-0.05, 0) is 19.8 Å². The molecule has 0 bridgehead atoms. The Morgan fingerprint density at radius 2 is 1.00 bits per heavy atom. The van der Waals surface area contributed by atoms with Gasteiger partial charge in [-0.2, -0.15) is 0 Å². The van der Waals surface area contributed by atoms with Crippen molar-refractivity contribution in [1.29, 1.82) is 0 Å². The van der Waals surface area contributed by atoms with Crippen LogP contribution in [0.2, 0.25) is 0 Å². The van der Waals surface area contributed by atoms with Crippen LogP contribution in [-0.4, -0.2) is 23.9 Å². The Kier molecular flexibility index (Phi) is 17.4. The van der Waals surface area contributed by atoms with E-state index in [4.69, 9.17) is 0 Å². The minimum atomic E-state index is 0.238. The van der Waals surface area contributed by atoms with Crippen LogP contribution in [0.15, 0.2) is 0 Å². The molecule has 0 rings (SSSR count). The Hall–Kier alpha value is -0.530. The number of hydrogen-bond donors (Lipinski definition) is 0. The Morgan fingerprint density at radius 1 is 0.652 bits per heavy atom. The predicted molar refractivity (Wildman–Crippen MR) is 103 cm³/mol. The van der Waals surface area contributed by atoms with Gasteiger partial charge in [0, 0.05) is 19.5 Å². The second-order valence-corrected chi connectivity index (χ2v) is 6.87. The Bertz CT molecular complexity index is 234. The lowest BCUT2D eigenvalue weighted by molar-refractivity contribution is -0.130. The molecule has 0 aromatic heterocycles. The van der Waals surface area contributed by atoms with E-state index in [9.17, 15) is 4.79 Å². The zero-order valence-electron chi connectivity index (χ0n) is 16.1. The van der Waals surface area contributed by atoms with E-state index in [2.05, 4.69) is 25.7 Å². The highest BCUT2D eigenvalue weighted by atomic mass is 16.2. The van der Waals surface area contributed by atoms with Crippen LogP contribution in [0.25, 0.3) is 0 Å². The molecule has 0 aliphatic carbocycles. The molecule has 0 atom stereocenters. The summed E-state index contributed by atoms with van der Waals surface area (Å²) in [5.74, 6) is 0.238. The third-order valence-electron chi connectivity index (χ3n) is 4.63. The van der Waals surface area contributed by atoms with Crippen LogP contribution >= 0.6 is 0 Å². The molecule has 0 N–H and O–H groups in total. The van der Waals surface area contributed by atoms with E-state index in [-0.39, 0.29) is 5.91 Å². The monoisotopic (exact) mass is 324 g/mol. The molecule has 0 aromatic carbocycles. The maximum Gasteiger partial charge on any atom is 0.222 e. The van der Waals surface area contributed by atoms with Crippen molar-refractivity contribution in [2.75, 3.05) is 13.1 Å². The number of rotatable bonds is 17. The van der Waals surface area contributed by atoms with Crippen LogP contribution in [0.5, 0.6) is 0 Å². The number of unbranched alkanes of at least 4 members (excludes halogenated alkanes) is 12. The molecule has 2 nitrogen and oxygen atoms in total. The van der Waals surface area contributed by atoms with Crippen LogP contribution in [0, 0.1) is 6.92 Å². The van der Waals surface area contributed by atoms with Crippen LogP contribution in [-0.2, 0) is 4.79 Å². The molecule has 0 aliphatic heterocycles.